The highest BCUT2D eigenvalue weighted by atomic mass is 19.1. The Kier molecular flexibility index (Phi) is 5.74. The lowest BCUT2D eigenvalue weighted by atomic mass is 9.79. The standard InChI is InChI=1S/C24H26FN3O/c1-16-12-19(10-11-27-16)18-8-6-17(7-9-18)13-28-24(29)22-15-26-14-21(22)20-4-2-3-5-23(20)25/h2-5,10-12,14-15,17-18,26H,6-9,13H2,1H3,(H,28,29). The molecular weight excluding hydrogens is 365 g/mol. The number of hydrogen-bond donors (Lipinski definition) is 2. The maximum Gasteiger partial charge on any atom is 0.253 e. The van der Waals surface area contributed by atoms with Crippen LogP contribution in [0.4, 0.5) is 4.39 Å². The molecule has 29 heavy (non-hydrogen) atoms. The van der Waals surface area contributed by atoms with E-state index < -0.39 is 0 Å². The molecule has 1 amide bonds. The number of aromatic nitrogens is 2. The Balaban J connectivity index is 1.34. The summed E-state index contributed by atoms with van der Waals surface area (Å²) in [5, 5.41) is 3.06. The summed E-state index contributed by atoms with van der Waals surface area (Å²) in [5.41, 5.74) is 3.95. The Morgan fingerprint density at radius 2 is 1.93 bits per heavy atom. The van der Waals surface area contributed by atoms with Gasteiger partial charge in [0.1, 0.15) is 5.82 Å². The highest BCUT2D eigenvalue weighted by molar-refractivity contribution is 6.00. The van der Waals surface area contributed by atoms with Crippen LogP contribution in [0.5, 0.6) is 0 Å². The molecule has 5 heteroatoms. The first-order valence-corrected chi connectivity index (χ1v) is 10.2. The van der Waals surface area contributed by atoms with E-state index in [1.165, 1.54) is 11.6 Å². The van der Waals surface area contributed by atoms with Crippen LogP contribution in [0.15, 0.2) is 55.0 Å². The largest absolute Gasteiger partial charge is 0.366 e. The minimum Gasteiger partial charge on any atom is -0.366 e. The van der Waals surface area contributed by atoms with Gasteiger partial charge in [0.15, 0.2) is 0 Å². The number of nitrogens with zero attached hydrogens (tertiary/aromatic N) is 1. The number of pyridine rings is 1. The van der Waals surface area contributed by atoms with Crippen molar-refractivity contribution in [1.29, 1.82) is 0 Å². The molecule has 1 fully saturated rings. The molecule has 0 unspecified atom stereocenters. The number of carbonyl (C=O) groups excluding carboxylic acids is 1. The van der Waals surface area contributed by atoms with Gasteiger partial charge < -0.3 is 10.3 Å². The van der Waals surface area contributed by atoms with Gasteiger partial charge in [-0.3, -0.25) is 9.78 Å². The molecule has 2 aromatic heterocycles. The Labute approximate surface area is 170 Å². The summed E-state index contributed by atoms with van der Waals surface area (Å²) in [5.74, 6) is 0.581. The predicted molar refractivity (Wildman–Crippen MR) is 112 cm³/mol. The maximum absolute atomic E-state index is 14.1. The lowest BCUT2D eigenvalue weighted by molar-refractivity contribution is 0.0943. The van der Waals surface area contributed by atoms with Gasteiger partial charge in [-0.05, 0) is 68.2 Å². The van der Waals surface area contributed by atoms with Crippen molar-refractivity contribution in [2.24, 2.45) is 5.92 Å². The van der Waals surface area contributed by atoms with E-state index in [9.17, 15) is 9.18 Å². The van der Waals surface area contributed by atoms with Crippen LogP contribution in [0.25, 0.3) is 11.1 Å². The first-order chi connectivity index (χ1) is 14.1. The average Bonchev–Trinajstić information content (AvgIpc) is 3.22. The number of hydrogen-bond acceptors (Lipinski definition) is 2. The number of aromatic amines is 1. The number of H-pyrrole nitrogens is 1. The third kappa shape index (κ3) is 4.39. The molecule has 0 aliphatic heterocycles. The zero-order valence-electron chi connectivity index (χ0n) is 16.6. The van der Waals surface area contributed by atoms with Crippen LogP contribution < -0.4 is 5.32 Å². The molecule has 0 radical (unpaired) electrons. The SMILES string of the molecule is Cc1cc(C2CCC(CNC(=O)c3c[nH]cc3-c3ccccc3F)CC2)ccn1. The molecule has 4 rings (SSSR count). The Bertz CT molecular complexity index is 989. The zero-order chi connectivity index (χ0) is 20.2. The second kappa shape index (κ2) is 8.60. The van der Waals surface area contributed by atoms with Gasteiger partial charge in [0.25, 0.3) is 5.91 Å². The van der Waals surface area contributed by atoms with Crippen LogP contribution in [0, 0.1) is 18.7 Å². The smallest absolute Gasteiger partial charge is 0.253 e. The lowest BCUT2D eigenvalue weighted by Gasteiger charge is -2.29. The molecule has 0 bridgehead atoms. The minimum absolute atomic E-state index is 0.156. The van der Waals surface area contributed by atoms with E-state index in [0.717, 1.165) is 31.4 Å². The van der Waals surface area contributed by atoms with Gasteiger partial charge >= 0.3 is 0 Å². The highest BCUT2D eigenvalue weighted by Gasteiger charge is 2.24. The van der Waals surface area contributed by atoms with Crippen LogP contribution in [0.3, 0.4) is 0 Å². The summed E-state index contributed by atoms with van der Waals surface area (Å²) in [6, 6.07) is 10.8. The molecule has 0 atom stereocenters. The zero-order valence-corrected chi connectivity index (χ0v) is 16.6. The van der Waals surface area contributed by atoms with Crippen LogP contribution in [-0.4, -0.2) is 22.4 Å². The first kappa shape index (κ1) is 19.4. The summed E-state index contributed by atoms with van der Waals surface area (Å²) < 4.78 is 14.1. The Morgan fingerprint density at radius 1 is 1.14 bits per heavy atom. The van der Waals surface area contributed by atoms with Crippen molar-refractivity contribution in [3.05, 3.63) is 77.6 Å². The molecule has 0 spiro atoms. The molecule has 1 aliphatic rings. The summed E-state index contributed by atoms with van der Waals surface area (Å²) in [6.07, 6.45) is 9.67. The van der Waals surface area contributed by atoms with Crippen LogP contribution in [0.1, 0.15) is 53.2 Å². The fraction of sp³-hybridized carbons (Fsp3) is 0.333. The fourth-order valence-corrected chi connectivity index (χ4v) is 4.31. The Hall–Kier alpha value is -2.95. The second-order valence-electron chi connectivity index (χ2n) is 7.92. The highest BCUT2D eigenvalue weighted by Crippen LogP contribution is 2.35. The van der Waals surface area contributed by atoms with Crippen LogP contribution in [-0.2, 0) is 0 Å². The normalized spacial score (nSPS) is 19.1. The van der Waals surface area contributed by atoms with Gasteiger partial charge in [-0.2, -0.15) is 0 Å². The fourth-order valence-electron chi connectivity index (χ4n) is 4.31. The van der Waals surface area contributed by atoms with Gasteiger partial charge in [-0.25, -0.2) is 4.39 Å². The number of halogens is 1. The van der Waals surface area contributed by atoms with E-state index >= 15 is 0 Å². The van der Waals surface area contributed by atoms with Crippen molar-refractivity contribution in [3.8, 4) is 11.1 Å². The number of rotatable bonds is 5. The molecule has 3 aromatic rings. The van der Waals surface area contributed by atoms with Crippen molar-refractivity contribution in [1.82, 2.24) is 15.3 Å². The van der Waals surface area contributed by atoms with Crippen molar-refractivity contribution in [2.75, 3.05) is 6.54 Å². The molecular formula is C24H26FN3O. The van der Waals surface area contributed by atoms with Crippen molar-refractivity contribution < 1.29 is 9.18 Å². The predicted octanol–water partition coefficient (Wildman–Crippen LogP) is 5.23. The molecule has 2 heterocycles. The molecule has 1 saturated carbocycles. The molecule has 4 nitrogen and oxygen atoms in total. The van der Waals surface area contributed by atoms with Gasteiger partial charge in [-0.1, -0.05) is 18.2 Å². The molecule has 150 valence electrons. The van der Waals surface area contributed by atoms with E-state index in [1.807, 2.05) is 13.1 Å². The number of amides is 1. The van der Waals surface area contributed by atoms with E-state index in [1.54, 1.807) is 30.6 Å². The summed E-state index contributed by atoms with van der Waals surface area (Å²) >= 11 is 0. The van der Waals surface area contributed by atoms with Gasteiger partial charge in [0.05, 0.1) is 5.56 Å². The molecule has 0 saturated heterocycles. The van der Waals surface area contributed by atoms with Gasteiger partial charge in [0.2, 0.25) is 0 Å². The quantitative estimate of drug-likeness (QED) is 0.626. The lowest BCUT2D eigenvalue weighted by Crippen LogP contribution is -2.31. The van der Waals surface area contributed by atoms with Crippen molar-refractivity contribution in [3.63, 3.8) is 0 Å². The number of nitrogens with one attached hydrogen (secondary N) is 2. The second-order valence-corrected chi connectivity index (χ2v) is 7.92. The van der Waals surface area contributed by atoms with E-state index in [-0.39, 0.29) is 11.7 Å². The van der Waals surface area contributed by atoms with E-state index in [4.69, 9.17) is 0 Å². The first-order valence-electron chi connectivity index (χ1n) is 10.2. The number of carbonyl (C=O) groups is 1. The molecule has 1 aliphatic carbocycles. The van der Waals surface area contributed by atoms with Crippen molar-refractivity contribution in [2.45, 2.75) is 38.5 Å². The number of benzene rings is 1. The average molecular weight is 391 g/mol. The summed E-state index contributed by atoms with van der Waals surface area (Å²) in [7, 11) is 0. The van der Waals surface area contributed by atoms with Crippen molar-refractivity contribution >= 4 is 5.91 Å². The van der Waals surface area contributed by atoms with Crippen LogP contribution >= 0.6 is 0 Å². The topological polar surface area (TPSA) is 57.8 Å². The van der Waals surface area contributed by atoms with E-state index in [0.29, 0.717) is 35.1 Å². The monoisotopic (exact) mass is 391 g/mol. The van der Waals surface area contributed by atoms with Crippen LogP contribution in [0.2, 0.25) is 0 Å². The minimum atomic E-state index is -0.328. The Morgan fingerprint density at radius 3 is 2.69 bits per heavy atom. The summed E-state index contributed by atoms with van der Waals surface area (Å²) in [4.78, 5) is 19.9. The van der Waals surface area contributed by atoms with Gasteiger partial charge in [0, 0.05) is 42.0 Å². The summed E-state index contributed by atoms with van der Waals surface area (Å²) in [6.45, 7) is 2.68. The maximum atomic E-state index is 14.1. The number of aryl methyl sites for hydroxylation is 1. The third-order valence-corrected chi connectivity index (χ3v) is 5.94. The molecule has 2 N–H and O–H groups in total. The third-order valence-electron chi connectivity index (χ3n) is 5.94. The molecule has 1 aromatic carbocycles. The van der Waals surface area contributed by atoms with E-state index in [2.05, 4.69) is 27.4 Å². The van der Waals surface area contributed by atoms with Gasteiger partial charge in [-0.15, -0.1) is 0 Å².